The molecule has 0 aliphatic carbocycles. The maximum atomic E-state index is 12.2. The van der Waals surface area contributed by atoms with Gasteiger partial charge in [0.25, 0.3) is 5.91 Å². The summed E-state index contributed by atoms with van der Waals surface area (Å²) in [6.07, 6.45) is 1.35. The van der Waals surface area contributed by atoms with E-state index in [0.29, 0.717) is 15.7 Å². The van der Waals surface area contributed by atoms with Gasteiger partial charge in [-0.3, -0.25) is 9.89 Å². The number of aromatic hydroxyl groups is 1. The summed E-state index contributed by atoms with van der Waals surface area (Å²) in [4.78, 5) is 12.2. The lowest BCUT2D eigenvalue weighted by Crippen LogP contribution is -2.18. The largest absolute Gasteiger partial charge is 0.506 e. The lowest BCUT2D eigenvalue weighted by atomic mass is 10.1. The first-order valence-corrected chi connectivity index (χ1v) is 9.28. The van der Waals surface area contributed by atoms with Crippen molar-refractivity contribution in [1.29, 1.82) is 0 Å². The van der Waals surface area contributed by atoms with Crippen LogP contribution >= 0.6 is 31.9 Å². The van der Waals surface area contributed by atoms with Gasteiger partial charge >= 0.3 is 0 Å². The van der Waals surface area contributed by atoms with Gasteiger partial charge in [0.1, 0.15) is 17.2 Å². The fraction of sp³-hybridized carbons (Fsp3) is 0.0556. The number of nitrogens with one attached hydrogen (secondary N) is 2. The number of rotatable bonds is 5. The summed E-state index contributed by atoms with van der Waals surface area (Å²) in [5.41, 5.74) is 4.57. The maximum absolute atomic E-state index is 12.2. The van der Waals surface area contributed by atoms with Gasteiger partial charge in [-0.2, -0.15) is 10.2 Å². The van der Waals surface area contributed by atoms with E-state index in [4.69, 9.17) is 4.74 Å². The number of methoxy groups -OCH3 is 1. The zero-order valence-corrected chi connectivity index (χ0v) is 17.2. The van der Waals surface area contributed by atoms with Gasteiger partial charge in [0, 0.05) is 15.6 Å². The van der Waals surface area contributed by atoms with Crippen molar-refractivity contribution in [1.82, 2.24) is 15.6 Å². The third kappa shape index (κ3) is 4.55. The average Bonchev–Trinajstić information content (AvgIpc) is 3.16. The first-order chi connectivity index (χ1) is 13.0. The minimum Gasteiger partial charge on any atom is -0.506 e. The topological polar surface area (TPSA) is 99.6 Å². The highest BCUT2D eigenvalue weighted by Crippen LogP contribution is 2.30. The van der Waals surface area contributed by atoms with Gasteiger partial charge in [0.2, 0.25) is 0 Å². The van der Waals surface area contributed by atoms with E-state index in [1.807, 2.05) is 24.3 Å². The summed E-state index contributed by atoms with van der Waals surface area (Å²) in [5, 5.41) is 20.7. The van der Waals surface area contributed by atoms with Crippen LogP contribution in [0.4, 0.5) is 0 Å². The van der Waals surface area contributed by atoms with Crippen LogP contribution in [0, 0.1) is 0 Å². The Hall–Kier alpha value is -2.65. The smallest absolute Gasteiger partial charge is 0.289 e. The fourth-order valence-electron chi connectivity index (χ4n) is 2.25. The standard InChI is InChI=1S/C18H14Br2N4O3/c1-27-13-4-2-10(3-5-13)15-8-16(23-22-15)18(26)24-21-9-11-6-12(19)7-14(20)17(11)25/h2-9,25H,1H3,(H,22,23)(H,24,26)/b21-9+. The van der Waals surface area contributed by atoms with Gasteiger partial charge in [-0.05, 0) is 58.4 Å². The number of aromatic amines is 1. The highest BCUT2D eigenvalue weighted by atomic mass is 79.9. The summed E-state index contributed by atoms with van der Waals surface area (Å²) in [6.45, 7) is 0. The number of halogens is 2. The molecular weight excluding hydrogens is 480 g/mol. The quantitative estimate of drug-likeness (QED) is 0.368. The van der Waals surface area contributed by atoms with Crippen LogP contribution in [-0.4, -0.2) is 34.5 Å². The predicted octanol–water partition coefficient (Wildman–Crippen LogP) is 4.08. The van der Waals surface area contributed by atoms with Crippen LogP contribution in [0.25, 0.3) is 11.3 Å². The van der Waals surface area contributed by atoms with Crippen molar-refractivity contribution in [2.24, 2.45) is 5.10 Å². The van der Waals surface area contributed by atoms with E-state index in [9.17, 15) is 9.90 Å². The lowest BCUT2D eigenvalue weighted by molar-refractivity contribution is 0.0950. The molecule has 0 aliphatic heterocycles. The van der Waals surface area contributed by atoms with Crippen LogP contribution in [0.15, 0.2) is 56.5 Å². The zero-order chi connectivity index (χ0) is 19.4. The molecule has 0 fully saturated rings. The molecule has 3 rings (SSSR count). The Morgan fingerprint density at radius 3 is 2.70 bits per heavy atom. The van der Waals surface area contributed by atoms with Gasteiger partial charge in [-0.25, -0.2) is 5.43 Å². The molecule has 3 aromatic rings. The number of hydrogen-bond acceptors (Lipinski definition) is 5. The number of nitrogens with zero attached hydrogens (tertiary/aromatic N) is 2. The first kappa shape index (κ1) is 19.1. The predicted molar refractivity (Wildman–Crippen MR) is 109 cm³/mol. The van der Waals surface area contributed by atoms with Crippen molar-refractivity contribution in [3.8, 4) is 22.8 Å². The molecule has 2 aromatic carbocycles. The molecule has 0 radical (unpaired) electrons. The highest BCUT2D eigenvalue weighted by molar-refractivity contribution is 9.11. The second-order valence-corrected chi connectivity index (χ2v) is 7.19. The van der Waals surface area contributed by atoms with Crippen LogP contribution in [0.2, 0.25) is 0 Å². The maximum Gasteiger partial charge on any atom is 0.289 e. The Kier molecular flexibility index (Phi) is 5.92. The Balaban J connectivity index is 1.69. The van der Waals surface area contributed by atoms with Gasteiger partial charge in [-0.15, -0.1) is 0 Å². The molecule has 1 amide bonds. The number of ether oxygens (including phenoxy) is 1. The molecule has 0 unspecified atom stereocenters. The molecule has 1 aromatic heterocycles. The summed E-state index contributed by atoms with van der Waals surface area (Å²) >= 11 is 6.57. The Bertz CT molecular complexity index is 1000. The van der Waals surface area contributed by atoms with Gasteiger partial charge in [0.15, 0.2) is 0 Å². The number of hydrazone groups is 1. The van der Waals surface area contributed by atoms with Crippen LogP contribution < -0.4 is 10.2 Å². The Morgan fingerprint density at radius 2 is 2.00 bits per heavy atom. The number of aromatic nitrogens is 2. The fourth-order valence-corrected chi connectivity index (χ4v) is 3.51. The number of amides is 1. The minimum absolute atomic E-state index is 0.0273. The summed E-state index contributed by atoms with van der Waals surface area (Å²) < 4.78 is 6.40. The molecule has 0 aliphatic rings. The van der Waals surface area contributed by atoms with Crippen molar-refractivity contribution in [3.63, 3.8) is 0 Å². The molecule has 7 nitrogen and oxygen atoms in total. The van der Waals surface area contributed by atoms with Gasteiger partial charge in [0.05, 0.1) is 23.5 Å². The summed E-state index contributed by atoms with van der Waals surface area (Å²) in [6, 6.07) is 12.3. The monoisotopic (exact) mass is 492 g/mol. The van der Waals surface area contributed by atoms with E-state index in [0.717, 1.165) is 15.8 Å². The van der Waals surface area contributed by atoms with E-state index in [2.05, 4.69) is 52.6 Å². The van der Waals surface area contributed by atoms with Crippen molar-refractivity contribution in [2.75, 3.05) is 7.11 Å². The molecule has 0 saturated carbocycles. The highest BCUT2D eigenvalue weighted by Gasteiger charge is 2.11. The summed E-state index contributed by atoms with van der Waals surface area (Å²) in [5.74, 6) is 0.315. The molecular formula is C18H14Br2N4O3. The number of carbonyl (C=O) groups is 1. The number of H-pyrrole nitrogens is 1. The third-order valence-corrected chi connectivity index (χ3v) is 4.70. The van der Waals surface area contributed by atoms with Crippen LogP contribution in [0.3, 0.4) is 0 Å². The van der Waals surface area contributed by atoms with Gasteiger partial charge in [-0.1, -0.05) is 15.9 Å². The normalized spacial score (nSPS) is 10.9. The van der Waals surface area contributed by atoms with E-state index in [1.165, 1.54) is 6.21 Å². The molecule has 0 saturated heterocycles. The zero-order valence-electron chi connectivity index (χ0n) is 14.0. The SMILES string of the molecule is COc1ccc(-c2cc(C(=O)N/N=C/c3cc(Br)cc(Br)c3O)[nH]n2)cc1. The second kappa shape index (κ2) is 8.36. The van der Waals surface area contributed by atoms with E-state index in [1.54, 1.807) is 25.3 Å². The van der Waals surface area contributed by atoms with Crippen molar-refractivity contribution >= 4 is 44.0 Å². The number of hydrogen-bond donors (Lipinski definition) is 3. The minimum atomic E-state index is -0.452. The second-order valence-electron chi connectivity index (χ2n) is 5.42. The molecule has 0 spiro atoms. The number of benzene rings is 2. The Morgan fingerprint density at radius 1 is 1.26 bits per heavy atom. The van der Waals surface area contributed by atoms with E-state index in [-0.39, 0.29) is 11.4 Å². The van der Waals surface area contributed by atoms with Gasteiger partial charge < -0.3 is 9.84 Å². The molecule has 1 heterocycles. The van der Waals surface area contributed by atoms with Crippen molar-refractivity contribution in [2.45, 2.75) is 0 Å². The molecule has 138 valence electrons. The number of carbonyl (C=O) groups excluding carboxylic acids is 1. The molecule has 27 heavy (non-hydrogen) atoms. The molecule has 3 N–H and O–H groups in total. The molecule has 0 atom stereocenters. The van der Waals surface area contributed by atoms with Crippen molar-refractivity contribution < 1.29 is 14.6 Å². The van der Waals surface area contributed by atoms with Crippen LogP contribution in [0.5, 0.6) is 11.5 Å². The molecule has 0 bridgehead atoms. The third-order valence-electron chi connectivity index (χ3n) is 3.64. The van der Waals surface area contributed by atoms with E-state index < -0.39 is 5.91 Å². The number of phenols is 1. The summed E-state index contributed by atoms with van der Waals surface area (Å²) in [7, 11) is 1.60. The van der Waals surface area contributed by atoms with Crippen molar-refractivity contribution in [3.05, 3.63) is 62.7 Å². The Labute approximate surface area is 171 Å². The number of phenolic OH excluding ortho intramolecular Hbond substituents is 1. The first-order valence-electron chi connectivity index (χ1n) is 7.69. The lowest BCUT2D eigenvalue weighted by Gasteiger charge is -2.02. The van der Waals surface area contributed by atoms with Crippen LogP contribution in [-0.2, 0) is 0 Å². The van der Waals surface area contributed by atoms with Crippen LogP contribution in [0.1, 0.15) is 16.1 Å². The average molecular weight is 494 g/mol. The van der Waals surface area contributed by atoms with E-state index >= 15 is 0 Å². The molecule has 9 heteroatoms.